The van der Waals surface area contributed by atoms with Gasteiger partial charge in [0.05, 0.1) is 5.56 Å². The number of allylic oxidation sites excluding steroid dienone is 4. The second-order valence-corrected chi connectivity index (χ2v) is 9.31. The van der Waals surface area contributed by atoms with Gasteiger partial charge in [0.1, 0.15) is 0 Å². The Labute approximate surface area is 177 Å². The minimum Gasteiger partial charge on any atom is -0.504 e. The molecule has 0 radical (unpaired) electrons. The second kappa shape index (κ2) is 7.86. The van der Waals surface area contributed by atoms with Gasteiger partial charge in [-0.1, -0.05) is 44.1 Å². The molecule has 0 aliphatic heterocycles. The fourth-order valence-corrected chi connectivity index (χ4v) is 4.97. The summed E-state index contributed by atoms with van der Waals surface area (Å²) in [7, 11) is 0. The highest BCUT2D eigenvalue weighted by Crippen LogP contribution is 2.53. The van der Waals surface area contributed by atoms with Crippen molar-refractivity contribution in [3.63, 3.8) is 0 Å². The monoisotopic (exact) mass is 410 g/mol. The number of hydrogen-bond acceptors (Lipinski definition) is 5. The van der Waals surface area contributed by atoms with Crippen LogP contribution in [-0.2, 0) is 0 Å². The summed E-state index contributed by atoms with van der Waals surface area (Å²) in [5.41, 5.74) is 1.51. The standard InChI is InChI=1S/C25H30O5/c1-13(2)7-6-8-15-9-10-17-22(28)19-16(12-26)21(27)23(29)18(14(3)4)20(19)24(30)25(17,5)11-15/h7,9,12,14,17,27,29H,6,8,10-11H2,1-5H3/t17-,25-/m1/s1. The van der Waals surface area contributed by atoms with Gasteiger partial charge in [-0.2, -0.15) is 0 Å². The average molecular weight is 411 g/mol. The summed E-state index contributed by atoms with van der Waals surface area (Å²) in [6.45, 7) is 9.49. The first kappa shape index (κ1) is 22.0. The van der Waals surface area contributed by atoms with E-state index in [4.69, 9.17) is 0 Å². The molecule has 3 rings (SSSR count). The normalized spacial score (nSPS) is 23.0. The van der Waals surface area contributed by atoms with E-state index in [9.17, 15) is 24.6 Å². The van der Waals surface area contributed by atoms with E-state index in [1.165, 1.54) is 5.57 Å². The van der Waals surface area contributed by atoms with Gasteiger partial charge in [0.2, 0.25) is 0 Å². The third kappa shape index (κ3) is 3.30. The Hall–Kier alpha value is -2.69. The minimum absolute atomic E-state index is 0.0298. The molecule has 2 aliphatic rings. The molecule has 0 saturated heterocycles. The number of phenolic OH excluding ortho intramolecular Hbond substituents is 2. The SMILES string of the molecule is CC(C)=CCCC1=CC[C@@H]2C(=O)c3c(C=O)c(O)c(O)c(C(C)C)c3C(=O)[C@]2(C)C1. The molecule has 0 bridgehead atoms. The number of phenols is 2. The van der Waals surface area contributed by atoms with Crippen molar-refractivity contribution in [2.24, 2.45) is 11.3 Å². The molecule has 5 heteroatoms. The van der Waals surface area contributed by atoms with Crippen LogP contribution in [0, 0.1) is 11.3 Å². The van der Waals surface area contributed by atoms with Gasteiger partial charge in [-0.25, -0.2) is 0 Å². The highest BCUT2D eigenvalue weighted by Gasteiger charge is 2.53. The zero-order valence-corrected chi connectivity index (χ0v) is 18.3. The first-order valence-electron chi connectivity index (χ1n) is 10.5. The number of carbonyl (C=O) groups excluding carboxylic acids is 3. The van der Waals surface area contributed by atoms with Crippen molar-refractivity contribution in [1.29, 1.82) is 0 Å². The van der Waals surface area contributed by atoms with Crippen molar-refractivity contribution in [3.8, 4) is 11.5 Å². The molecular weight excluding hydrogens is 380 g/mol. The van der Waals surface area contributed by atoms with Crippen molar-refractivity contribution < 1.29 is 24.6 Å². The number of hydrogen-bond donors (Lipinski definition) is 2. The number of rotatable bonds is 5. The van der Waals surface area contributed by atoms with Gasteiger partial charge in [0.15, 0.2) is 29.4 Å². The number of benzene rings is 1. The van der Waals surface area contributed by atoms with Crippen LogP contribution in [0.1, 0.15) is 103 Å². The number of aldehydes is 1. The topological polar surface area (TPSA) is 91.7 Å². The third-order valence-corrected chi connectivity index (χ3v) is 6.55. The zero-order valence-electron chi connectivity index (χ0n) is 18.3. The predicted molar refractivity (Wildman–Crippen MR) is 115 cm³/mol. The maximum Gasteiger partial charge on any atom is 0.170 e. The lowest BCUT2D eigenvalue weighted by Crippen LogP contribution is -2.47. The summed E-state index contributed by atoms with van der Waals surface area (Å²) in [6.07, 6.45) is 7.19. The van der Waals surface area contributed by atoms with Crippen molar-refractivity contribution in [1.82, 2.24) is 0 Å². The van der Waals surface area contributed by atoms with E-state index in [2.05, 4.69) is 6.08 Å². The molecule has 1 aromatic carbocycles. The summed E-state index contributed by atoms with van der Waals surface area (Å²) in [5, 5.41) is 20.9. The molecule has 2 N–H and O–H groups in total. The lowest BCUT2D eigenvalue weighted by atomic mass is 9.56. The summed E-state index contributed by atoms with van der Waals surface area (Å²) in [6, 6.07) is 0. The van der Waals surface area contributed by atoms with Gasteiger partial charge < -0.3 is 10.2 Å². The molecule has 5 nitrogen and oxygen atoms in total. The number of fused-ring (bicyclic) bond motifs is 2. The Morgan fingerprint density at radius 2 is 1.87 bits per heavy atom. The first-order valence-corrected chi connectivity index (χ1v) is 10.5. The summed E-state index contributed by atoms with van der Waals surface area (Å²) >= 11 is 0. The minimum atomic E-state index is -0.924. The van der Waals surface area contributed by atoms with Crippen LogP contribution in [0.15, 0.2) is 23.3 Å². The van der Waals surface area contributed by atoms with Crippen molar-refractivity contribution in [3.05, 3.63) is 45.6 Å². The molecule has 0 fully saturated rings. The van der Waals surface area contributed by atoms with Crippen LogP contribution in [0.4, 0.5) is 0 Å². The average Bonchev–Trinajstić information content (AvgIpc) is 2.67. The summed E-state index contributed by atoms with van der Waals surface area (Å²) < 4.78 is 0. The molecule has 0 heterocycles. The van der Waals surface area contributed by atoms with Crippen LogP contribution >= 0.6 is 0 Å². The van der Waals surface area contributed by atoms with E-state index >= 15 is 0 Å². The lowest BCUT2D eigenvalue weighted by Gasteiger charge is -2.44. The molecule has 0 unspecified atom stereocenters. The number of Topliss-reactive ketones (excluding diaryl/α,β-unsaturated/α-hetero) is 2. The molecule has 0 aromatic heterocycles. The van der Waals surface area contributed by atoms with Crippen molar-refractivity contribution in [2.75, 3.05) is 0 Å². The van der Waals surface area contributed by atoms with E-state index in [1.54, 1.807) is 13.8 Å². The van der Waals surface area contributed by atoms with Gasteiger partial charge in [-0.15, -0.1) is 0 Å². The Morgan fingerprint density at radius 3 is 2.43 bits per heavy atom. The van der Waals surface area contributed by atoms with Gasteiger partial charge in [-0.05, 0) is 45.4 Å². The number of carbonyl (C=O) groups is 3. The Kier molecular flexibility index (Phi) is 5.76. The van der Waals surface area contributed by atoms with Gasteiger partial charge in [0.25, 0.3) is 0 Å². The number of ketones is 2. The van der Waals surface area contributed by atoms with E-state index in [-0.39, 0.29) is 39.7 Å². The molecule has 30 heavy (non-hydrogen) atoms. The maximum absolute atomic E-state index is 13.8. The Morgan fingerprint density at radius 1 is 1.20 bits per heavy atom. The Bertz CT molecular complexity index is 992. The zero-order chi connectivity index (χ0) is 22.4. The maximum atomic E-state index is 13.8. The fraction of sp³-hybridized carbons (Fsp3) is 0.480. The highest BCUT2D eigenvalue weighted by molar-refractivity contribution is 6.22. The fourth-order valence-electron chi connectivity index (χ4n) is 4.97. The van der Waals surface area contributed by atoms with Crippen LogP contribution < -0.4 is 0 Å². The summed E-state index contributed by atoms with van der Waals surface area (Å²) in [5.74, 6) is -2.51. The molecule has 160 valence electrons. The lowest BCUT2D eigenvalue weighted by molar-refractivity contribution is 0.0558. The van der Waals surface area contributed by atoms with E-state index in [0.717, 1.165) is 18.4 Å². The molecule has 0 spiro atoms. The molecule has 1 aromatic rings. The van der Waals surface area contributed by atoms with E-state index in [1.807, 2.05) is 26.8 Å². The molecule has 2 aliphatic carbocycles. The molecule has 2 atom stereocenters. The molecule has 0 saturated carbocycles. The molecular formula is C25H30O5. The van der Waals surface area contributed by atoms with Crippen molar-refractivity contribution >= 4 is 17.9 Å². The van der Waals surface area contributed by atoms with Crippen LogP contribution in [-0.4, -0.2) is 28.1 Å². The van der Waals surface area contributed by atoms with Crippen LogP contribution in [0.2, 0.25) is 0 Å². The highest BCUT2D eigenvalue weighted by atomic mass is 16.3. The van der Waals surface area contributed by atoms with Crippen LogP contribution in [0.5, 0.6) is 11.5 Å². The molecule has 0 amide bonds. The smallest absolute Gasteiger partial charge is 0.170 e. The van der Waals surface area contributed by atoms with Gasteiger partial charge in [-0.3, -0.25) is 14.4 Å². The predicted octanol–water partition coefficient (Wildman–Crippen LogP) is 5.50. The van der Waals surface area contributed by atoms with E-state index in [0.29, 0.717) is 19.1 Å². The largest absolute Gasteiger partial charge is 0.504 e. The van der Waals surface area contributed by atoms with Crippen LogP contribution in [0.25, 0.3) is 0 Å². The third-order valence-electron chi connectivity index (χ3n) is 6.55. The summed E-state index contributed by atoms with van der Waals surface area (Å²) in [4.78, 5) is 39.0. The second-order valence-electron chi connectivity index (χ2n) is 9.31. The van der Waals surface area contributed by atoms with Gasteiger partial charge >= 0.3 is 0 Å². The van der Waals surface area contributed by atoms with E-state index < -0.39 is 22.8 Å². The Balaban J connectivity index is 2.16. The van der Waals surface area contributed by atoms with Gasteiger partial charge in [0, 0.05) is 28.0 Å². The number of aromatic hydroxyl groups is 2. The first-order chi connectivity index (χ1) is 14.0. The quantitative estimate of drug-likeness (QED) is 0.380. The van der Waals surface area contributed by atoms with Crippen molar-refractivity contribution in [2.45, 2.75) is 66.2 Å². The van der Waals surface area contributed by atoms with Crippen LogP contribution in [0.3, 0.4) is 0 Å².